The van der Waals surface area contributed by atoms with Crippen LogP contribution in [0.5, 0.6) is 11.5 Å². The van der Waals surface area contributed by atoms with Crippen molar-refractivity contribution in [2.45, 2.75) is 0 Å². The number of amides is 1. The molecule has 4 aromatic rings. The van der Waals surface area contributed by atoms with Gasteiger partial charge in [0.2, 0.25) is 0 Å². The highest BCUT2D eigenvalue weighted by molar-refractivity contribution is 6.12. The summed E-state index contributed by atoms with van der Waals surface area (Å²) in [6.07, 6.45) is 1.61. The van der Waals surface area contributed by atoms with E-state index in [1.807, 2.05) is 54.6 Å². The van der Waals surface area contributed by atoms with Gasteiger partial charge in [0.05, 0.1) is 19.9 Å². The molecule has 1 amide bonds. The van der Waals surface area contributed by atoms with E-state index in [1.54, 1.807) is 44.6 Å². The molecule has 0 aliphatic rings. The number of anilines is 1. The maximum absolute atomic E-state index is 12.9. The van der Waals surface area contributed by atoms with Crippen molar-refractivity contribution in [1.29, 1.82) is 5.26 Å². The molecule has 0 aliphatic carbocycles. The van der Waals surface area contributed by atoms with Crippen LogP contribution < -0.4 is 14.8 Å². The smallest absolute Gasteiger partial charge is 0.266 e. The predicted molar refractivity (Wildman–Crippen MR) is 126 cm³/mol. The summed E-state index contributed by atoms with van der Waals surface area (Å²) in [5.41, 5.74) is 3.94. The zero-order valence-corrected chi connectivity index (χ0v) is 17.7. The van der Waals surface area contributed by atoms with Gasteiger partial charge in [-0.25, -0.2) is 0 Å². The Morgan fingerprint density at radius 2 is 1.66 bits per heavy atom. The third-order valence-electron chi connectivity index (χ3n) is 5.11. The SMILES string of the molecule is COc1ccc(NC(=O)/C(C#N)=C/c2c(-c3ccccc3)[nH]c3ccc(OC)cc23)cc1. The van der Waals surface area contributed by atoms with Gasteiger partial charge in [-0.1, -0.05) is 30.3 Å². The fraction of sp³-hybridized carbons (Fsp3) is 0.0769. The Morgan fingerprint density at radius 1 is 0.969 bits per heavy atom. The van der Waals surface area contributed by atoms with Gasteiger partial charge in [0.1, 0.15) is 23.1 Å². The number of benzene rings is 3. The van der Waals surface area contributed by atoms with E-state index in [9.17, 15) is 10.1 Å². The highest BCUT2D eigenvalue weighted by Gasteiger charge is 2.16. The van der Waals surface area contributed by atoms with Crippen LogP contribution in [0.1, 0.15) is 5.56 Å². The van der Waals surface area contributed by atoms with Crippen LogP contribution in [0.4, 0.5) is 5.69 Å². The molecule has 0 spiro atoms. The molecule has 6 nitrogen and oxygen atoms in total. The number of carbonyl (C=O) groups excluding carboxylic acids is 1. The Hall–Kier alpha value is -4.50. The summed E-state index contributed by atoms with van der Waals surface area (Å²) in [6, 6.07) is 24.4. The number of methoxy groups -OCH3 is 2. The molecule has 0 saturated carbocycles. The molecule has 1 aromatic heterocycles. The largest absolute Gasteiger partial charge is 0.497 e. The summed E-state index contributed by atoms with van der Waals surface area (Å²) in [4.78, 5) is 16.3. The molecule has 0 bridgehead atoms. The Balaban J connectivity index is 1.78. The number of H-pyrrole nitrogens is 1. The van der Waals surface area contributed by atoms with Gasteiger partial charge >= 0.3 is 0 Å². The molecular weight excluding hydrogens is 402 g/mol. The number of rotatable bonds is 6. The molecule has 0 unspecified atom stereocenters. The highest BCUT2D eigenvalue weighted by Crippen LogP contribution is 2.34. The molecule has 0 radical (unpaired) electrons. The molecule has 0 fully saturated rings. The Bertz CT molecular complexity index is 1330. The fourth-order valence-electron chi connectivity index (χ4n) is 3.47. The number of aromatic amines is 1. The van der Waals surface area contributed by atoms with E-state index in [0.717, 1.165) is 27.7 Å². The van der Waals surface area contributed by atoms with Crippen LogP contribution in [0, 0.1) is 11.3 Å². The van der Waals surface area contributed by atoms with Crippen molar-refractivity contribution in [2.24, 2.45) is 0 Å². The van der Waals surface area contributed by atoms with E-state index < -0.39 is 5.91 Å². The maximum atomic E-state index is 12.9. The van der Waals surface area contributed by atoms with Crippen LogP contribution in [0.3, 0.4) is 0 Å². The van der Waals surface area contributed by atoms with Crippen molar-refractivity contribution in [2.75, 3.05) is 19.5 Å². The van der Waals surface area contributed by atoms with Gasteiger partial charge < -0.3 is 19.8 Å². The van der Waals surface area contributed by atoms with Crippen molar-refractivity contribution in [3.8, 4) is 28.8 Å². The minimum absolute atomic E-state index is 0.0123. The van der Waals surface area contributed by atoms with E-state index in [1.165, 1.54) is 0 Å². The van der Waals surface area contributed by atoms with Gasteiger partial charge in [-0.2, -0.15) is 5.26 Å². The van der Waals surface area contributed by atoms with E-state index in [-0.39, 0.29) is 5.57 Å². The zero-order valence-electron chi connectivity index (χ0n) is 17.7. The molecule has 0 saturated heterocycles. The second-order valence-corrected chi connectivity index (χ2v) is 7.04. The van der Waals surface area contributed by atoms with Crippen LogP contribution in [0.2, 0.25) is 0 Å². The number of carbonyl (C=O) groups is 1. The quantitative estimate of drug-likeness (QED) is 0.321. The number of aromatic nitrogens is 1. The number of ether oxygens (including phenoxy) is 2. The first-order valence-electron chi connectivity index (χ1n) is 9.95. The van der Waals surface area contributed by atoms with Crippen LogP contribution in [-0.2, 0) is 4.79 Å². The topological polar surface area (TPSA) is 87.1 Å². The lowest BCUT2D eigenvalue weighted by molar-refractivity contribution is -0.112. The second-order valence-electron chi connectivity index (χ2n) is 7.04. The van der Waals surface area contributed by atoms with Crippen LogP contribution >= 0.6 is 0 Å². The summed E-state index contributed by atoms with van der Waals surface area (Å²) < 4.78 is 10.5. The van der Waals surface area contributed by atoms with Crippen molar-refractivity contribution < 1.29 is 14.3 Å². The maximum Gasteiger partial charge on any atom is 0.266 e. The Morgan fingerprint density at radius 3 is 2.31 bits per heavy atom. The molecule has 0 atom stereocenters. The number of hydrogen-bond donors (Lipinski definition) is 2. The summed E-state index contributed by atoms with van der Waals surface area (Å²) >= 11 is 0. The molecule has 4 rings (SSSR count). The summed E-state index contributed by atoms with van der Waals surface area (Å²) in [5.74, 6) is 0.875. The normalized spacial score (nSPS) is 11.1. The monoisotopic (exact) mass is 423 g/mol. The molecular formula is C26H21N3O3. The predicted octanol–water partition coefficient (Wildman–Crippen LogP) is 5.40. The first kappa shape index (κ1) is 20.8. The average molecular weight is 423 g/mol. The van der Waals surface area contributed by atoms with Gasteiger partial charge in [0.25, 0.3) is 5.91 Å². The van der Waals surface area contributed by atoms with Crippen LogP contribution in [-0.4, -0.2) is 25.1 Å². The molecule has 2 N–H and O–H groups in total. The standard InChI is InChI=1S/C26H21N3O3/c1-31-20-10-8-19(9-11-20)28-26(30)18(16-27)14-23-22-15-21(32-2)12-13-24(22)29-25(23)17-6-4-3-5-7-17/h3-15,29H,1-2H3,(H,28,30)/b18-14+. The van der Waals surface area contributed by atoms with E-state index in [0.29, 0.717) is 17.2 Å². The number of hydrogen-bond acceptors (Lipinski definition) is 4. The lowest BCUT2D eigenvalue weighted by Crippen LogP contribution is -2.13. The first-order valence-corrected chi connectivity index (χ1v) is 9.95. The minimum Gasteiger partial charge on any atom is -0.497 e. The number of fused-ring (bicyclic) bond motifs is 1. The summed E-state index contributed by atoms with van der Waals surface area (Å²) in [6.45, 7) is 0. The molecule has 32 heavy (non-hydrogen) atoms. The van der Waals surface area contributed by atoms with Crippen molar-refractivity contribution >= 4 is 28.6 Å². The van der Waals surface area contributed by atoms with E-state index >= 15 is 0 Å². The van der Waals surface area contributed by atoms with E-state index in [2.05, 4.69) is 10.3 Å². The zero-order chi connectivity index (χ0) is 22.5. The van der Waals surface area contributed by atoms with Gasteiger partial charge in [0, 0.05) is 22.2 Å². The third-order valence-corrected chi connectivity index (χ3v) is 5.11. The molecule has 0 aliphatic heterocycles. The Labute approximate surface area is 185 Å². The van der Waals surface area contributed by atoms with Gasteiger partial charge in [-0.05, 0) is 54.1 Å². The number of nitriles is 1. The van der Waals surface area contributed by atoms with Gasteiger partial charge in [0.15, 0.2) is 0 Å². The average Bonchev–Trinajstić information content (AvgIpc) is 3.20. The van der Waals surface area contributed by atoms with Crippen molar-refractivity contribution in [3.63, 3.8) is 0 Å². The second kappa shape index (κ2) is 9.11. The lowest BCUT2D eigenvalue weighted by atomic mass is 10.0. The third kappa shape index (κ3) is 4.18. The number of nitrogens with one attached hydrogen (secondary N) is 2. The molecule has 3 aromatic carbocycles. The van der Waals surface area contributed by atoms with E-state index in [4.69, 9.17) is 9.47 Å². The van der Waals surface area contributed by atoms with Gasteiger partial charge in [-0.15, -0.1) is 0 Å². The first-order chi connectivity index (χ1) is 15.6. The lowest BCUT2D eigenvalue weighted by Gasteiger charge is -2.06. The van der Waals surface area contributed by atoms with Crippen LogP contribution in [0.15, 0.2) is 78.4 Å². The van der Waals surface area contributed by atoms with Crippen molar-refractivity contribution in [3.05, 3.63) is 83.9 Å². The summed E-state index contributed by atoms with van der Waals surface area (Å²) in [5, 5.41) is 13.4. The van der Waals surface area contributed by atoms with Crippen molar-refractivity contribution in [1.82, 2.24) is 4.98 Å². The minimum atomic E-state index is -0.492. The summed E-state index contributed by atoms with van der Waals surface area (Å²) in [7, 11) is 3.18. The highest BCUT2D eigenvalue weighted by atomic mass is 16.5. The van der Waals surface area contributed by atoms with Crippen LogP contribution in [0.25, 0.3) is 28.2 Å². The molecule has 6 heteroatoms. The Kier molecular flexibility index (Phi) is 5.91. The number of nitrogens with zero attached hydrogens (tertiary/aromatic N) is 1. The molecule has 1 heterocycles. The molecule has 158 valence electrons. The van der Waals surface area contributed by atoms with Gasteiger partial charge in [-0.3, -0.25) is 4.79 Å². The fourth-order valence-corrected chi connectivity index (χ4v) is 3.47.